The van der Waals surface area contributed by atoms with E-state index >= 15 is 0 Å². The molecule has 0 fully saturated rings. The highest BCUT2D eigenvalue weighted by atomic mass is 16.4. The minimum absolute atomic E-state index is 0.0324. The maximum absolute atomic E-state index is 13.2. The van der Waals surface area contributed by atoms with E-state index in [1.54, 1.807) is 19.6 Å². The van der Waals surface area contributed by atoms with E-state index < -0.39 is 65.5 Å². The highest BCUT2D eigenvalue weighted by molar-refractivity contribution is 5.79. The molecule has 0 radical (unpaired) electrons. The van der Waals surface area contributed by atoms with Crippen molar-refractivity contribution in [3.05, 3.63) is 0 Å². The third kappa shape index (κ3) is 43.9. The van der Waals surface area contributed by atoms with Gasteiger partial charge in [-0.15, -0.1) is 0 Å². The Hall–Kier alpha value is -6.40. The molecule has 0 saturated carbocycles. The van der Waals surface area contributed by atoms with E-state index in [-0.39, 0.29) is 227 Å². The number of rotatable bonds is 52. The molecular formula is C47H81N9O20. The Morgan fingerprint density at radius 3 is 0.658 bits per heavy atom. The van der Waals surface area contributed by atoms with Crippen molar-refractivity contribution < 1.29 is 98.4 Å². The first-order valence-corrected chi connectivity index (χ1v) is 25.3. The molecule has 0 bridgehead atoms. The van der Waals surface area contributed by atoms with Crippen molar-refractivity contribution in [2.24, 2.45) is 0 Å². The summed E-state index contributed by atoms with van der Waals surface area (Å²) >= 11 is 0. The lowest BCUT2D eigenvalue weighted by Crippen LogP contribution is -2.42. The molecule has 0 atom stereocenters. The summed E-state index contributed by atoms with van der Waals surface area (Å²) < 4.78 is 0. The van der Waals surface area contributed by atoms with E-state index in [1.807, 2.05) is 9.80 Å². The van der Waals surface area contributed by atoms with Crippen molar-refractivity contribution in [3.8, 4) is 0 Å². The lowest BCUT2D eigenvalue weighted by atomic mass is 10.1. The molecule has 0 aliphatic heterocycles. The van der Waals surface area contributed by atoms with E-state index in [0.717, 1.165) is 0 Å². The van der Waals surface area contributed by atoms with Crippen molar-refractivity contribution >= 4 is 71.3 Å². The average molecular weight is 1090 g/mol. The van der Waals surface area contributed by atoms with Crippen LogP contribution in [0.15, 0.2) is 0 Å². The molecular weight excluding hydrogens is 1010 g/mol. The molecule has 434 valence electrons. The summed E-state index contributed by atoms with van der Waals surface area (Å²) in [7, 11) is 0. The number of nitrogens with one attached hydrogen (secondary N) is 3. The van der Waals surface area contributed by atoms with E-state index in [0.29, 0.717) is 6.42 Å². The second kappa shape index (κ2) is 42.8. The fourth-order valence-corrected chi connectivity index (χ4v) is 7.34. The van der Waals surface area contributed by atoms with Gasteiger partial charge in [-0.05, 0) is 13.0 Å². The van der Waals surface area contributed by atoms with Crippen LogP contribution in [0, 0.1) is 0 Å². The van der Waals surface area contributed by atoms with E-state index in [4.69, 9.17) is 40.9 Å². The second-order valence-electron chi connectivity index (χ2n) is 17.9. The predicted octanol–water partition coefficient (Wildman–Crippen LogP) is -2.15. The van der Waals surface area contributed by atoms with Gasteiger partial charge in [-0.1, -0.05) is 0 Å². The minimum Gasteiger partial charge on any atom is -0.481 e. The number of Topliss-reactive ketones (excluding diaryl/α,β-unsaturated/α-hetero) is 1. The number of aliphatic carboxylic acids is 8. The molecule has 0 unspecified atom stereocenters. The van der Waals surface area contributed by atoms with Crippen molar-refractivity contribution in [2.45, 2.75) is 89.9 Å². The first-order valence-electron chi connectivity index (χ1n) is 25.3. The quantitative estimate of drug-likeness (QED) is 0.0309. The lowest BCUT2D eigenvalue weighted by molar-refractivity contribution is -0.139. The predicted molar refractivity (Wildman–Crippen MR) is 268 cm³/mol. The van der Waals surface area contributed by atoms with Crippen molar-refractivity contribution in [1.82, 2.24) is 45.3 Å². The van der Waals surface area contributed by atoms with Crippen molar-refractivity contribution in [1.29, 1.82) is 0 Å². The molecule has 11 N–H and O–H groups in total. The molecule has 29 heteroatoms. The highest BCUT2D eigenvalue weighted by Crippen LogP contribution is 2.06. The summed E-state index contributed by atoms with van der Waals surface area (Å²) in [6.45, 7) is 2.55. The van der Waals surface area contributed by atoms with Crippen LogP contribution in [-0.4, -0.2) is 279 Å². The highest BCUT2D eigenvalue weighted by Gasteiger charge is 2.19. The molecule has 76 heavy (non-hydrogen) atoms. The van der Waals surface area contributed by atoms with Crippen LogP contribution in [0.25, 0.3) is 0 Å². The molecule has 0 aromatic heterocycles. The zero-order chi connectivity index (χ0) is 57.3. The fraction of sp³-hybridized carbons (Fsp3) is 0.745. The zero-order valence-corrected chi connectivity index (χ0v) is 43.4. The van der Waals surface area contributed by atoms with E-state index in [2.05, 4.69) is 16.0 Å². The largest absolute Gasteiger partial charge is 0.481 e. The summed E-state index contributed by atoms with van der Waals surface area (Å²) in [5, 5.41) is 81.2. The summed E-state index contributed by atoms with van der Waals surface area (Å²) in [6.07, 6.45) is -1.62. The number of carboxylic acids is 8. The van der Waals surface area contributed by atoms with Crippen LogP contribution >= 0.6 is 0 Å². The van der Waals surface area contributed by atoms with E-state index in [1.165, 1.54) is 0 Å². The standard InChI is InChI=1S/C47H81N9O20/c57-36(2-1-18-51(23-7-40(61)62)24-8-41(63)64)3-19-55(20-4-37(58)48-15-31-52(25-9-42(65)66)26-10-43(67)68)34-35-56(21-5-38(59)49-16-32-53(27-11-44(69)70)28-12-45(71)72)22-6-39(60)50-17-33-54(29-13-46(73)74)30-14-47(75)76/h1-35H2,(H,48,58)(H,49,59)(H,50,60)(H,61,62)(H,63,64)(H,65,66)(H,67,68)(H,69,70)(H,71,72)(H,73,74)(H,75,76). The van der Waals surface area contributed by atoms with E-state index in [9.17, 15) is 57.5 Å². The van der Waals surface area contributed by atoms with Crippen LogP contribution in [0.1, 0.15) is 89.9 Å². The SMILES string of the molecule is O=C(O)CCN(CCCC(=O)CCN(CCC(=O)NCCN(CCC(=O)O)CCC(=O)O)CCN(CCC(=O)NCCN(CCC(=O)O)CCC(=O)O)CCC(=O)NCCN(CCC(=O)O)CCC(=O)O)CCC(=O)O. The number of ketones is 1. The van der Waals surface area contributed by atoms with Crippen LogP contribution in [0.5, 0.6) is 0 Å². The molecule has 0 aromatic carbocycles. The Kier molecular flexibility index (Phi) is 39.2. The number of carboxylic acid groups (broad SMARTS) is 8. The topological polar surface area (TPSA) is 422 Å². The fourth-order valence-electron chi connectivity index (χ4n) is 7.34. The van der Waals surface area contributed by atoms with Crippen molar-refractivity contribution in [3.63, 3.8) is 0 Å². The van der Waals surface area contributed by atoms with Gasteiger partial charge in [0, 0.05) is 163 Å². The number of carbonyl (C=O) groups is 12. The minimum atomic E-state index is -1.07. The Labute approximate surface area is 441 Å². The Bertz CT molecular complexity index is 1520. The second-order valence-corrected chi connectivity index (χ2v) is 17.9. The number of amides is 3. The van der Waals surface area contributed by atoms with Gasteiger partial charge in [0.25, 0.3) is 0 Å². The number of hydrogen-bond donors (Lipinski definition) is 11. The van der Waals surface area contributed by atoms with Gasteiger partial charge in [-0.3, -0.25) is 57.5 Å². The Morgan fingerprint density at radius 1 is 0.224 bits per heavy atom. The molecule has 29 nitrogen and oxygen atoms in total. The maximum atomic E-state index is 13.2. The van der Waals surface area contributed by atoms with Crippen LogP contribution in [0.3, 0.4) is 0 Å². The van der Waals surface area contributed by atoms with Crippen LogP contribution in [0.2, 0.25) is 0 Å². The third-order valence-electron chi connectivity index (χ3n) is 11.7. The number of nitrogens with zero attached hydrogens (tertiary/aromatic N) is 6. The van der Waals surface area contributed by atoms with Gasteiger partial charge in [0.2, 0.25) is 17.7 Å². The average Bonchev–Trinajstić information content (AvgIpc) is 3.33. The Balaban J connectivity index is 6.18. The van der Waals surface area contributed by atoms with Crippen LogP contribution in [-0.2, 0) is 57.5 Å². The summed E-state index contributed by atoms with van der Waals surface area (Å²) in [6, 6.07) is 0. The molecule has 0 rings (SSSR count). The first-order chi connectivity index (χ1) is 35.9. The van der Waals surface area contributed by atoms with Gasteiger partial charge in [-0.25, -0.2) is 0 Å². The Morgan fingerprint density at radius 2 is 0.421 bits per heavy atom. The smallest absolute Gasteiger partial charge is 0.304 e. The van der Waals surface area contributed by atoms with Crippen LogP contribution < -0.4 is 16.0 Å². The van der Waals surface area contributed by atoms with Crippen molar-refractivity contribution in [2.75, 3.05) is 137 Å². The molecule has 0 heterocycles. The van der Waals surface area contributed by atoms with Gasteiger partial charge in [-0.2, -0.15) is 0 Å². The maximum Gasteiger partial charge on any atom is 0.304 e. The number of hydrogen-bond acceptors (Lipinski definition) is 18. The van der Waals surface area contributed by atoms with Gasteiger partial charge in [0.1, 0.15) is 5.78 Å². The normalized spacial score (nSPS) is 11.3. The summed E-state index contributed by atoms with van der Waals surface area (Å²) in [4.78, 5) is 152. The zero-order valence-electron chi connectivity index (χ0n) is 43.4. The molecule has 0 spiro atoms. The summed E-state index contributed by atoms with van der Waals surface area (Å²) in [5.74, 6) is -9.92. The third-order valence-corrected chi connectivity index (χ3v) is 11.7. The number of carbonyl (C=O) groups excluding carboxylic acids is 4. The molecule has 0 aliphatic rings. The molecule has 0 aliphatic carbocycles. The lowest BCUT2D eigenvalue weighted by Gasteiger charge is -2.28. The molecule has 0 saturated heterocycles. The van der Waals surface area contributed by atoms with Gasteiger partial charge < -0.3 is 86.2 Å². The molecule has 3 amide bonds. The van der Waals surface area contributed by atoms with Gasteiger partial charge in [0.15, 0.2) is 0 Å². The van der Waals surface area contributed by atoms with Crippen LogP contribution in [0.4, 0.5) is 0 Å². The van der Waals surface area contributed by atoms with Gasteiger partial charge >= 0.3 is 47.8 Å². The monoisotopic (exact) mass is 1090 g/mol. The first kappa shape index (κ1) is 69.6. The van der Waals surface area contributed by atoms with Gasteiger partial charge in [0.05, 0.1) is 51.4 Å². The summed E-state index contributed by atoms with van der Waals surface area (Å²) in [5.41, 5.74) is 0. The molecule has 0 aromatic rings.